The van der Waals surface area contributed by atoms with Gasteiger partial charge in [0.15, 0.2) is 0 Å². The van der Waals surface area contributed by atoms with E-state index in [0.29, 0.717) is 13.0 Å². The predicted molar refractivity (Wildman–Crippen MR) is 116 cm³/mol. The van der Waals surface area contributed by atoms with Gasteiger partial charge in [0.1, 0.15) is 6.10 Å². The molecule has 4 aromatic rings. The third kappa shape index (κ3) is 3.05. The summed E-state index contributed by atoms with van der Waals surface area (Å²) in [4.78, 5) is 16.5. The summed E-state index contributed by atoms with van der Waals surface area (Å²) in [5.74, 6) is -0.369. The molecule has 5 rings (SSSR count). The maximum Gasteiger partial charge on any atom is 0.313 e. The van der Waals surface area contributed by atoms with Crippen LogP contribution in [-0.2, 0) is 16.1 Å². The first-order valence-corrected chi connectivity index (χ1v) is 10.7. The molecule has 0 N–H and O–H groups in total. The van der Waals surface area contributed by atoms with E-state index in [4.69, 9.17) is 4.74 Å². The lowest BCUT2D eigenvalue weighted by atomic mass is 9.97. The van der Waals surface area contributed by atoms with Gasteiger partial charge in [-0.1, -0.05) is 31.9 Å². The van der Waals surface area contributed by atoms with Crippen molar-refractivity contribution in [1.82, 2.24) is 9.55 Å². The van der Waals surface area contributed by atoms with Crippen LogP contribution in [0.1, 0.15) is 17.9 Å². The molecule has 4 nitrogen and oxygen atoms in total. The highest BCUT2D eigenvalue weighted by Gasteiger charge is 2.36. The fourth-order valence-electron chi connectivity index (χ4n) is 4.08. The molecular formula is C22H16Br2N2O2. The Bertz CT molecular complexity index is 1140. The van der Waals surface area contributed by atoms with E-state index in [-0.39, 0.29) is 18.0 Å². The van der Waals surface area contributed by atoms with Crippen LogP contribution < -0.4 is 0 Å². The van der Waals surface area contributed by atoms with Gasteiger partial charge in [-0.05, 0) is 54.1 Å². The summed E-state index contributed by atoms with van der Waals surface area (Å²) in [6, 6.07) is 16.4. The van der Waals surface area contributed by atoms with E-state index < -0.39 is 0 Å². The molecule has 6 heteroatoms. The van der Waals surface area contributed by atoms with Crippen molar-refractivity contribution >= 4 is 59.6 Å². The molecule has 1 aliphatic rings. The number of nitrogens with zero attached hydrogens (tertiary/aromatic N) is 2. The van der Waals surface area contributed by atoms with E-state index >= 15 is 0 Å². The van der Waals surface area contributed by atoms with Gasteiger partial charge in [-0.15, -0.1) is 0 Å². The second kappa shape index (κ2) is 7.01. The minimum Gasteiger partial charge on any atom is -0.460 e. The summed E-state index contributed by atoms with van der Waals surface area (Å²) in [7, 11) is 0. The zero-order chi connectivity index (χ0) is 19.3. The number of cyclic esters (lactones) is 1. The number of fused-ring (bicyclic) bond motifs is 3. The summed E-state index contributed by atoms with van der Waals surface area (Å²) >= 11 is 7.16. The number of pyridine rings is 1. The number of aromatic nitrogens is 2. The van der Waals surface area contributed by atoms with Gasteiger partial charge in [-0.25, -0.2) is 0 Å². The van der Waals surface area contributed by atoms with E-state index in [1.165, 1.54) is 10.8 Å². The van der Waals surface area contributed by atoms with Crippen molar-refractivity contribution in [1.29, 1.82) is 0 Å². The summed E-state index contributed by atoms with van der Waals surface area (Å²) < 4.78 is 10.1. The number of benzene rings is 2. The van der Waals surface area contributed by atoms with Crippen LogP contribution in [0.5, 0.6) is 0 Å². The van der Waals surface area contributed by atoms with Gasteiger partial charge >= 0.3 is 5.97 Å². The van der Waals surface area contributed by atoms with E-state index in [0.717, 1.165) is 25.5 Å². The van der Waals surface area contributed by atoms with Crippen molar-refractivity contribution in [3.8, 4) is 0 Å². The summed E-state index contributed by atoms with van der Waals surface area (Å²) in [6.07, 6.45) is 3.96. The Kier molecular flexibility index (Phi) is 4.48. The smallest absolute Gasteiger partial charge is 0.313 e. The predicted octanol–water partition coefficient (Wildman–Crippen LogP) is 5.81. The van der Waals surface area contributed by atoms with Gasteiger partial charge in [0, 0.05) is 49.6 Å². The van der Waals surface area contributed by atoms with Crippen LogP contribution in [0.4, 0.5) is 0 Å². The van der Waals surface area contributed by atoms with Crippen LogP contribution in [0.2, 0.25) is 0 Å². The zero-order valence-corrected chi connectivity index (χ0v) is 18.0. The van der Waals surface area contributed by atoms with E-state index in [9.17, 15) is 4.79 Å². The SMILES string of the molecule is O=C1OC(Cn2c3ccc(Br)cc3c3cc(Br)ccc32)CC1c1ccncc1. The Balaban J connectivity index is 1.54. The number of hydrogen-bond donors (Lipinski definition) is 0. The van der Waals surface area contributed by atoms with Gasteiger partial charge in [0.25, 0.3) is 0 Å². The maximum atomic E-state index is 12.5. The van der Waals surface area contributed by atoms with E-state index in [2.05, 4.69) is 65.7 Å². The topological polar surface area (TPSA) is 44.1 Å². The highest BCUT2D eigenvalue weighted by molar-refractivity contribution is 9.10. The molecule has 0 spiro atoms. The van der Waals surface area contributed by atoms with Crippen LogP contribution in [-0.4, -0.2) is 21.6 Å². The first-order valence-electron chi connectivity index (χ1n) is 9.07. The largest absolute Gasteiger partial charge is 0.460 e. The highest BCUT2D eigenvalue weighted by atomic mass is 79.9. The fourth-order valence-corrected chi connectivity index (χ4v) is 4.80. The average molecular weight is 500 g/mol. The van der Waals surface area contributed by atoms with Crippen LogP contribution in [0.25, 0.3) is 21.8 Å². The lowest BCUT2D eigenvalue weighted by Crippen LogP contribution is -2.15. The summed E-state index contributed by atoms with van der Waals surface area (Å²) in [6.45, 7) is 0.636. The minimum absolute atomic E-state index is 0.151. The van der Waals surface area contributed by atoms with Gasteiger partial charge in [-0.2, -0.15) is 0 Å². The van der Waals surface area contributed by atoms with Crippen LogP contribution in [0, 0.1) is 0 Å². The average Bonchev–Trinajstić information content (AvgIpc) is 3.20. The first-order chi connectivity index (χ1) is 13.6. The molecule has 0 radical (unpaired) electrons. The normalized spacial score (nSPS) is 19.4. The zero-order valence-electron chi connectivity index (χ0n) is 14.8. The third-order valence-corrected chi connectivity index (χ3v) is 6.34. The molecule has 0 saturated carbocycles. The van der Waals surface area contributed by atoms with Crippen LogP contribution in [0.15, 0.2) is 69.9 Å². The summed E-state index contributed by atoms with van der Waals surface area (Å²) in [5.41, 5.74) is 3.25. The van der Waals surface area contributed by atoms with Crippen LogP contribution >= 0.6 is 31.9 Å². The van der Waals surface area contributed by atoms with Crippen molar-refractivity contribution in [3.63, 3.8) is 0 Å². The van der Waals surface area contributed by atoms with E-state index in [1.807, 2.05) is 24.3 Å². The van der Waals surface area contributed by atoms with Crippen molar-refractivity contribution in [2.75, 3.05) is 0 Å². The monoisotopic (exact) mass is 498 g/mol. The van der Waals surface area contributed by atoms with Gasteiger partial charge in [0.2, 0.25) is 0 Å². The molecule has 140 valence electrons. The molecular weight excluding hydrogens is 484 g/mol. The molecule has 2 aromatic carbocycles. The van der Waals surface area contributed by atoms with Crippen molar-refractivity contribution < 1.29 is 9.53 Å². The Hall–Kier alpha value is -2.18. The fraction of sp³-hybridized carbons (Fsp3) is 0.182. The van der Waals surface area contributed by atoms with Crippen molar-refractivity contribution in [2.24, 2.45) is 0 Å². The minimum atomic E-state index is -0.218. The number of carbonyl (C=O) groups is 1. The number of halogens is 2. The molecule has 3 heterocycles. The molecule has 0 aliphatic carbocycles. The number of hydrogen-bond acceptors (Lipinski definition) is 3. The number of ether oxygens (including phenoxy) is 1. The number of carbonyl (C=O) groups excluding carboxylic acids is 1. The second-order valence-corrected chi connectivity index (χ2v) is 8.89. The molecule has 28 heavy (non-hydrogen) atoms. The van der Waals surface area contributed by atoms with Crippen LogP contribution in [0.3, 0.4) is 0 Å². The quantitative estimate of drug-likeness (QED) is 0.334. The molecule has 2 atom stereocenters. The number of rotatable bonds is 3. The lowest BCUT2D eigenvalue weighted by Gasteiger charge is -2.13. The molecule has 2 aromatic heterocycles. The molecule has 2 unspecified atom stereocenters. The molecule has 1 fully saturated rings. The highest BCUT2D eigenvalue weighted by Crippen LogP contribution is 2.36. The Morgan fingerprint density at radius 3 is 2.18 bits per heavy atom. The van der Waals surface area contributed by atoms with Crippen molar-refractivity contribution in [3.05, 3.63) is 75.4 Å². The Morgan fingerprint density at radius 1 is 0.964 bits per heavy atom. The maximum absolute atomic E-state index is 12.5. The molecule has 1 aliphatic heterocycles. The lowest BCUT2D eigenvalue weighted by molar-refractivity contribution is -0.142. The second-order valence-electron chi connectivity index (χ2n) is 7.06. The number of esters is 1. The molecule has 0 bridgehead atoms. The molecule has 1 saturated heterocycles. The van der Waals surface area contributed by atoms with Gasteiger partial charge < -0.3 is 9.30 Å². The first kappa shape index (κ1) is 17.9. The van der Waals surface area contributed by atoms with E-state index in [1.54, 1.807) is 12.4 Å². The summed E-state index contributed by atoms with van der Waals surface area (Å²) in [5, 5.41) is 2.36. The third-order valence-electron chi connectivity index (χ3n) is 5.35. The van der Waals surface area contributed by atoms with Crippen molar-refractivity contribution in [2.45, 2.75) is 25.0 Å². The Morgan fingerprint density at radius 2 is 1.57 bits per heavy atom. The van der Waals surface area contributed by atoms with Gasteiger partial charge in [0.05, 0.1) is 12.5 Å². The van der Waals surface area contributed by atoms with Gasteiger partial charge in [-0.3, -0.25) is 9.78 Å². The standard InChI is InChI=1S/C22H16Br2N2O2/c23-14-1-3-20-18(9-14)19-10-15(24)2-4-21(19)26(20)12-16-11-17(22(27)28-16)13-5-7-25-8-6-13/h1-10,16-17H,11-12H2. The molecule has 0 amide bonds. The Labute approximate surface area is 178 Å².